The molecule has 0 aliphatic carbocycles. The predicted octanol–water partition coefficient (Wildman–Crippen LogP) is 2.16. The molecule has 6 heteroatoms. The van der Waals surface area contributed by atoms with Crippen molar-refractivity contribution in [2.75, 3.05) is 6.54 Å². The predicted molar refractivity (Wildman–Crippen MR) is 77.0 cm³/mol. The minimum Gasteiger partial charge on any atom is -0.477 e. The van der Waals surface area contributed by atoms with Crippen LogP contribution in [0.5, 0.6) is 0 Å². The summed E-state index contributed by atoms with van der Waals surface area (Å²) in [4.78, 5) is 31.5. The third-order valence-corrected chi connectivity index (χ3v) is 3.05. The minimum atomic E-state index is -1.19. The molecule has 2 N–H and O–H groups in total. The largest absolute Gasteiger partial charge is 0.477 e. The van der Waals surface area contributed by atoms with E-state index in [-0.39, 0.29) is 17.3 Å². The third kappa shape index (κ3) is 3.47. The van der Waals surface area contributed by atoms with Crippen molar-refractivity contribution in [2.24, 2.45) is 0 Å². The summed E-state index contributed by atoms with van der Waals surface area (Å²) in [5.74, 6) is -1.56. The van der Waals surface area contributed by atoms with Crippen molar-refractivity contribution in [1.82, 2.24) is 14.9 Å². The summed E-state index contributed by atoms with van der Waals surface area (Å²) in [5, 5.41) is 9.06. The summed E-state index contributed by atoms with van der Waals surface area (Å²) in [5.41, 5.74) is 0.771. The first-order chi connectivity index (χ1) is 10.1. The third-order valence-electron chi connectivity index (χ3n) is 3.05. The van der Waals surface area contributed by atoms with E-state index in [4.69, 9.17) is 5.11 Å². The lowest BCUT2D eigenvalue weighted by molar-refractivity contribution is 0.0665. The number of carbonyl (C=O) groups excluding carboxylic acids is 1. The Labute approximate surface area is 122 Å². The van der Waals surface area contributed by atoms with Gasteiger partial charge in [-0.2, -0.15) is 0 Å². The molecule has 1 heterocycles. The molecule has 0 fully saturated rings. The van der Waals surface area contributed by atoms with Crippen LogP contribution in [0.25, 0.3) is 0 Å². The molecule has 0 aliphatic rings. The van der Waals surface area contributed by atoms with E-state index >= 15 is 0 Å². The number of aromatic carboxylic acids is 1. The summed E-state index contributed by atoms with van der Waals surface area (Å²) in [6, 6.07) is 9.57. The van der Waals surface area contributed by atoms with Gasteiger partial charge in [0.25, 0.3) is 5.91 Å². The Morgan fingerprint density at radius 3 is 2.62 bits per heavy atom. The van der Waals surface area contributed by atoms with Crippen LogP contribution < -0.4 is 0 Å². The van der Waals surface area contributed by atoms with E-state index in [1.807, 2.05) is 37.3 Å². The molecular formula is C15H17N3O3. The number of imidazole rings is 1. The number of nitrogens with one attached hydrogen (secondary N) is 1. The molecule has 0 spiro atoms. The Balaban J connectivity index is 2.23. The van der Waals surface area contributed by atoms with Crippen LogP contribution in [0, 0.1) is 0 Å². The normalized spacial score (nSPS) is 10.3. The number of H-pyrrole nitrogens is 1. The monoisotopic (exact) mass is 287 g/mol. The van der Waals surface area contributed by atoms with Gasteiger partial charge in [-0.15, -0.1) is 0 Å². The first kappa shape index (κ1) is 14.8. The molecule has 110 valence electrons. The van der Waals surface area contributed by atoms with Crippen molar-refractivity contribution in [3.8, 4) is 0 Å². The van der Waals surface area contributed by atoms with Crippen LogP contribution in [0.2, 0.25) is 0 Å². The summed E-state index contributed by atoms with van der Waals surface area (Å²) in [6.45, 7) is 2.94. The second-order valence-electron chi connectivity index (χ2n) is 4.64. The number of hydrogen-bond donors (Lipinski definition) is 2. The highest BCUT2D eigenvalue weighted by Gasteiger charge is 2.24. The molecule has 0 atom stereocenters. The Bertz CT molecular complexity index is 622. The van der Waals surface area contributed by atoms with Gasteiger partial charge in [-0.25, -0.2) is 9.78 Å². The van der Waals surface area contributed by atoms with E-state index < -0.39 is 5.97 Å². The van der Waals surface area contributed by atoms with Crippen LogP contribution >= 0.6 is 0 Å². The van der Waals surface area contributed by atoms with Crippen LogP contribution in [0.3, 0.4) is 0 Å². The number of rotatable bonds is 6. The van der Waals surface area contributed by atoms with Crippen molar-refractivity contribution in [3.63, 3.8) is 0 Å². The molecule has 21 heavy (non-hydrogen) atoms. The Morgan fingerprint density at radius 1 is 1.29 bits per heavy atom. The maximum absolute atomic E-state index is 12.5. The number of aromatic amines is 1. The fourth-order valence-corrected chi connectivity index (χ4v) is 2.10. The standard InChI is InChI=1S/C15H17N3O3/c1-2-8-18(9-11-6-4-3-5-7-11)14(19)12-13(15(20)21)17-10-16-12/h3-7,10H,2,8-9H2,1H3,(H,16,17)(H,20,21). The van der Waals surface area contributed by atoms with Crippen LogP contribution in [-0.4, -0.2) is 38.4 Å². The smallest absolute Gasteiger partial charge is 0.354 e. The van der Waals surface area contributed by atoms with Crippen LogP contribution in [-0.2, 0) is 6.54 Å². The van der Waals surface area contributed by atoms with E-state index in [1.54, 1.807) is 4.90 Å². The van der Waals surface area contributed by atoms with Gasteiger partial charge in [0.2, 0.25) is 0 Å². The number of carbonyl (C=O) groups is 2. The highest BCUT2D eigenvalue weighted by molar-refractivity contribution is 6.02. The fourth-order valence-electron chi connectivity index (χ4n) is 2.10. The van der Waals surface area contributed by atoms with Gasteiger partial charge in [0.15, 0.2) is 11.4 Å². The number of hydrogen-bond acceptors (Lipinski definition) is 3. The SMILES string of the molecule is CCCN(Cc1ccccc1)C(=O)c1nc[nH]c1C(=O)O. The molecule has 1 aromatic carbocycles. The van der Waals surface area contributed by atoms with Gasteiger partial charge in [0.1, 0.15) is 0 Å². The molecule has 1 amide bonds. The number of carboxylic acid groups (broad SMARTS) is 1. The number of nitrogens with zero attached hydrogens (tertiary/aromatic N) is 2. The lowest BCUT2D eigenvalue weighted by atomic mass is 10.2. The van der Waals surface area contributed by atoms with Gasteiger partial charge >= 0.3 is 5.97 Å². The highest BCUT2D eigenvalue weighted by Crippen LogP contribution is 2.12. The zero-order valence-corrected chi connectivity index (χ0v) is 11.7. The van der Waals surface area contributed by atoms with Crippen molar-refractivity contribution in [1.29, 1.82) is 0 Å². The molecule has 0 radical (unpaired) electrons. The molecule has 0 unspecified atom stereocenters. The van der Waals surface area contributed by atoms with Crippen molar-refractivity contribution >= 4 is 11.9 Å². The van der Waals surface area contributed by atoms with Gasteiger partial charge < -0.3 is 15.0 Å². The number of amides is 1. The highest BCUT2D eigenvalue weighted by atomic mass is 16.4. The second-order valence-corrected chi connectivity index (χ2v) is 4.64. The quantitative estimate of drug-likeness (QED) is 0.852. The first-order valence-electron chi connectivity index (χ1n) is 6.73. The molecule has 0 saturated carbocycles. The molecular weight excluding hydrogens is 270 g/mol. The molecule has 2 aromatic rings. The molecule has 0 aliphatic heterocycles. The molecule has 0 saturated heterocycles. The van der Waals surface area contributed by atoms with Crippen LogP contribution in [0.4, 0.5) is 0 Å². The molecule has 1 aromatic heterocycles. The van der Waals surface area contributed by atoms with Gasteiger partial charge in [-0.1, -0.05) is 37.3 Å². The minimum absolute atomic E-state index is 0.0492. The zero-order valence-electron chi connectivity index (χ0n) is 11.7. The average Bonchev–Trinajstić information content (AvgIpc) is 2.97. The number of aromatic nitrogens is 2. The summed E-state index contributed by atoms with van der Waals surface area (Å²) in [7, 11) is 0. The average molecular weight is 287 g/mol. The molecule has 2 rings (SSSR count). The first-order valence-corrected chi connectivity index (χ1v) is 6.73. The Morgan fingerprint density at radius 2 is 2.00 bits per heavy atom. The summed E-state index contributed by atoms with van der Waals surface area (Å²) >= 11 is 0. The van der Waals surface area contributed by atoms with E-state index in [0.29, 0.717) is 13.1 Å². The fraction of sp³-hybridized carbons (Fsp3) is 0.267. The van der Waals surface area contributed by atoms with Gasteiger partial charge in [-0.05, 0) is 12.0 Å². The number of carboxylic acids is 1. The molecule has 6 nitrogen and oxygen atoms in total. The van der Waals surface area contributed by atoms with Crippen molar-refractivity contribution in [3.05, 3.63) is 53.6 Å². The summed E-state index contributed by atoms with van der Waals surface area (Å²) in [6.07, 6.45) is 2.01. The zero-order chi connectivity index (χ0) is 15.2. The maximum atomic E-state index is 12.5. The van der Waals surface area contributed by atoms with E-state index in [1.165, 1.54) is 6.33 Å². The maximum Gasteiger partial charge on any atom is 0.354 e. The topological polar surface area (TPSA) is 86.3 Å². The van der Waals surface area contributed by atoms with E-state index in [0.717, 1.165) is 12.0 Å². The number of benzene rings is 1. The van der Waals surface area contributed by atoms with Gasteiger partial charge in [0.05, 0.1) is 6.33 Å². The van der Waals surface area contributed by atoms with Crippen LogP contribution in [0.1, 0.15) is 39.9 Å². The van der Waals surface area contributed by atoms with Gasteiger partial charge in [0, 0.05) is 13.1 Å². The second kappa shape index (κ2) is 6.69. The van der Waals surface area contributed by atoms with E-state index in [9.17, 15) is 9.59 Å². The van der Waals surface area contributed by atoms with E-state index in [2.05, 4.69) is 9.97 Å². The lowest BCUT2D eigenvalue weighted by Gasteiger charge is -2.21. The van der Waals surface area contributed by atoms with Crippen molar-refractivity contribution in [2.45, 2.75) is 19.9 Å². The van der Waals surface area contributed by atoms with Crippen molar-refractivity contribution < 1.29 is 14.7 Å². The summed E-state index contributed by atoms with van der Waals surface area (Å²) < 4.78 is 0. The van der Waals surface area contributed by atoms with Crippen LogP contribution in [0.15, 0.2) is 36.7 Å². The Hall–Kier alpha value is -2.63. The Kier molecular flexibility index (Phi) is 4.71. The lowest BCUT2D eigenvalue weighted by Crippen LogP contribution is -2.32. The van der Waals surface area contributed by atoms with Gasteiger partial charge in [-0.3, -0.25) is 4.79 Å². The molecule has 0 bridgehead atoms.